The first-order valence-electron chi connectivity index (χ1n) is 6.21. The summed E-state index contributed by atoms with van der Waals surface area (Å²) in [5.74, 6) is 2.03. The fraction of sp³-hybridized carbons (Fsp3) is 0.769. The quantitative estimate of drug-likeness (QED) is 0.899. The van der Waals surface area contributed by atoms with Gasteiger partial charge in [0.05, 0.1) is 11.8 Å². The van der Waals surface area contributed by atoms with Crippen LogP contribution in [0.15, 0.2) is 12.4 Å². The van der Waals surface area contributed by atoms with Crippen molar-refractivity contribution in [2.24, 2.45) is 12.5 Å². The highest BCUT2D eigenvalue weighted by molar-refractivity contribution is 7.99. The number of hydrogen-bond donors (Lipinski definition) is 1. The average molecular weight is 254 g/mol. The van der Waals surface area contributed by atoms with Crippen molar-refractivity contribution in [3.8, 4) is 0 Å². The molecule has 0 radical (unpaired) electrons. The predicted molar refractivity (Wildman–Crippen MR) is 72.2 cm³/mol. The van der Waals surface area contributed by atoms with Gasteiger partial charge < -0.3 is 5.11 Å². The van der Waals surface area contributed by atoms with Crippen LogP contribution >= 0.6 is 11.8 Å². The van der Waals surface area contributed by atoms with Gasteiger partial charge in [0.2, 0.25) is 0 Å². The summed E-state index contributed by atoms with van der Waals surface area (Å²) in [6.45, 7) is 4.38. The number of aryl methyl sites for hydroxylation is 2. The molecular formula is C13H22N2OS. The molecule has 1 aromatic rings. The largest absolute Gasteiger partial charge is 0.388 e. The minimum absolute atomic E-state index is 0.0282. The zero-order chi connectivity index (χ0) is 12.5. The zero-order valence-corrected chi connectivity index (χ0v) is 11.8. The Morgan fingerprint density at radius 1 is 1.53 bits per heavy atom. The van der Waals surface area contributed by atoms with Crippen LogP contribution in [0, 0.1) is 5.41 Å². The minimum Gasteiger partial charge on any atom is -0.388 e. The molecule has 2 rings (SSSR count). The summed E-state index contributed by atoms with van der Waals surface area (Å²) in [5.41, 5.74) is 0.707. The number of aromatic nitrogens is 2. The van der Waals surface area contributed by atoms with Gasteiger partial charge in [0.25, 0.3) is 0 Å². The Labute approximate surface area is 108 Å². The Balaban J connectivity index is 2.01. The molecular weight excluding hydrogens is 232 g/mol. The van der Waals surface area contributed by atoms with Crippen molar-refractivity contribution >= 4 is 11.8 Å². The summed E-state index contributed by atoms with van der Waals surface area (Å²) < 4.78 is 1.82. The zero-order valence-electron chi connectivity index (χ0n) is 10.9. The first kappa shape index (κ1) is 13.0. The Morgan fingerprint density at radius 3 is 2.88 bits per heavy atom. The van der Waals surface area contributed by atoms with Crippen LogP contribution in [-0.4, -0.2) is 32.0 Å². The lowest BCUT2D eigenvalue weighted by Crippen LogP contribution is -2.50. The highest BCUT2D eigenvalue weighted by atomic mass is 32.2. The molecule has 1 saturated heterocycles. The second-order valence-electron chi connectivity index (χ2n) is 5.74. The topological polar surface area (TPSA) is 38.0 Å². The maximum Gasteiger partial charge on any atom is 0.0791 e. The molecule has 2 heterocycles. The number of nitrogens with zero attached hydrogens (tertiary/aromatic N) is 2. The Hall–Kier alpha value is -0.480. The molecule has 0 spiro atoms. The fourth-order valence-electron chi connectivity index (χ4n) is 2.36. The van der Waals surface area contributed by atoms with Crippen LogP contribution in [0.25, 0.3) is 0 Å². The molecule has 0 aliphatic carbocycles. The van der Waals surface area contributed by atoms with Gasteiger partial charge in [-0.25, -0.2) is 0 Å². The van der Waals surface area contributed by atoms with Crippen molar-refractivity contribution in [3.63, 3.8) is 0 Å². The van der Waals surface area contributed by atoms with E-state index in [-0.39, 0.29) is 5.41 Å². The molecule has 0 amide bonds. The van der Waals surface area contributed by atoms with Crippen molar-refractivity contribution in [1.29, 1.82) is 0 Å². The van der Waals surface area contributed by atoms with Crippen LogP contribution in [0.2, 0.25) is 0 Å². The third-order valence-electron chi connectivity index (χ3n) is 4.06. The van der Waals surface area contributed by atoms with Crippen LogP contribution in [0.4, 0.5) is 0 Å². The van der Waals surface area contributed by atoms with E-state index in [1.807, 2.05) is 35.9 Å². The van der Waals surface area contributed by atoms with E-state index in [9.17, 15) is 5.11 Å². The summed E-state index contributed by atoms with van der Waals surface area (Å²) in [4.78, 5) is 0. The highest BCUT2D eigenvalue weighted by Gasteiger charge is 2.44. The normalized spacial score (nSPS) is 28.2. The van der Waals surface area contributed by atoms with Gasteiger partial charge in [-0.3, -0.25) is 4.68 Å². The van der Waals surface area contributed by atoms with Gasteiger partial charge >= 0.3 is 0 Å². The molecule has 1 aromatic heterocycles. The molecule has 0 bridgehead atoms. The summed E-state index contributed by atoms with van der Waals surface area (Å²) in [5, 5.41) is 15.0. The van der Waals surface area contributed by atoms with E-state index in [0.29, 0.717) is 0 Å². The molecule has 4 heteroatoms. The van der Waals surface area contributed by atoms with E-state index in [1.54, 1.807) is 0 Å². The summed E-state index contributed by atoms with van der Waals surface area (Å²) in [6.07, 6.45) is 6.77. The number of thioether (sulfide) groups is 1. The van der Waals surface area contributed by atoms with E-state index < -0.39 is 5.60 Å². The molecule has 17 heavy (non-hydrogen) atoms. The van der Waals surface area contributed by atoms with Crippen LogP contribution in [0.1, 0.15) is 32.3 Å². The Bertz CT molecular complexity index is 389. The van der Waals surface area contributed by atoms with Crippen LogP contribution in [0.3, 0.4) is 0 Å². The minimum atomic E-state index is -0.536. The van der Waals surface area contributed by atoms with Gasteiger partial charge in [-0.1, -0.05) is 13.8 Å². The lowest BCUT2D eigenvalue weighted by molar-refractivity contribution is -0.0579. The van der Waals surface area contributed by atoms with E-state index >= 15 is 0 Å². The van der Waals surface area contributed by atoms with Crippen LogP contribution in [-0.2, 0) is 13.5 Å². The molecule has 0 aromatic carbocycles. The molecule has 1 aliphatic rings. The fourth-order valence-corrected chi connectivity index (χ4v) is 4.03. The standard InChI is InChI=1S/C13H22N2OS/c1-12(2)6-7-17-10-13(12,16)5-4-11-8-14-15(3)9-11/h8-9,16H,4-7,10H2,1-3H3. The molecule has 0 saturated carbocycles. The predicted octanol–water partition coefficient (Wildman–Crippen LogP) is 2.25. The molecule has 1 N–H and O–H groups in total. The third kappa shape index (κ3) is 2.68. The second kappa shape index (κ2) is 4.65. The van der Waals surface area contributed by atoms with Crippen molar-refractivity contribution in [3.05, 3.63) is 18.0 Å². The number of rotatable bonds is 3. The molecule has 3 nitrogen and oxygen atoms in total. The first-order chi connectivity index (χ1) is 7.93. The highest BCUT2D eigenvalue weighted by Crippen LogP contribution is 2.44. The van der Waals surface area contributed by atoms with Gasteiger partial charge in [-0.05, 0) is 36.0 Å². The van der Waals surface area contributed by atoms with E-state index in [4.69, 9.17) is 0 Å². The van der Waals surface area contributed by atoms with Gasteiger partial charge in [0.1, 0.15) is 0 Å². The van der Waals surface area contributed by atoms with Gasteiger partial charge in [-0.15, -0.1) is 0 Å². The summed E-state index contributed by atoms with van der Waals surface area (Å²) in [6, 6.07) is 0. The van der Waals surface area contributed by atoms with Crippen molar-refractivity contribution in [2.75, 3.05) is 11.5 Å². The SMILES string of the molecule is Cn1cc(CCC2(O)CSCCC2(C)C)cn1. The third-order valence-corrected chi connectivity index (χ3v) is 5.23. The lowest BCUT2D eigenvalue weighted by atomic mass is 9.71. The molecule has 1 unspecified atom stereocenters. The maximum absolute atomic E-state index is 10.8. The van der Waals surface area contributed by atoms with Crippen LogP contribution < -0.4 is 0 Å². The van der Waals surface area contributed by atoms with E-state index in [2.05, 4.69) is 18.9 Å². The molecule has 1 fully saturated rings. The van der Waals surface area contributed by atoms with Crippen LogP contribution in [0.5, 0.6) is 0 Å². The summed E-state index contributed by atoms with van der Waals surface area (Å²) >= 11 is 1.87. The molecule has 1 aliphatic heterocycles. The maximum atomic E-state index is 10.8. The number of aliphatic hydroxyl groups is 1. The van der Waals surface area contributed by atoms with Gasteiger partial charge in [0.15, 0.2) is 0 Å². The Kier molecular flexibility index (Phi) is 3.55. The smallest absolute Gasteiger partial charge is 0.0791 e. The molecule has 96 valence electrons. The molecule has 1 atom stereocenters. The lowest BCUT2D eigenvalue weighted by Gasteiger charge is -2.46. The van der Waals surface area contributed by atoms with Crippen molar-refractivity contribution in [2.45, 2.75) is 38.7 Å². The average Bonchev–Trinajstić information content (AvgIpc) is 2.66. The first-order valence-corrected chi connectivity index (χ1v) is 7.36. The second-order valence-corrected chi connectivity index (χ2v) is 6.85. The summed E-state index contributed by atoms with van der Waals surface area (Å²) in [7, 11) is 1.93. The van der Waals surface area contributed by atoms with E-state index in [0.717, 1.165) is 25.0 Å². The Morgan fingerprint density at radius 2 is 2.29 bits per heavy atom. The van der Waals surface area contributed by atoms with Crippen molar-refractivity contribution in [1.82, 2.24) is 9.78 Å². The van der Waals surface area contributed by atoms with E-state index in [1.165, 1.54) is 11.3 Å². The number of hydrogen-bond acceptors (Lipinski definition) is 3. The van der Waals surface area contributed by atoms with Gasteiger partial charge in [0, 0.05) is 19.0 Å². The van der Waals surface area contributed by atoms with Gasteiger partial charge in [-0.2, -0.15) is 16.9 Å². The van der Waals surface area contributed by atoms with Crippen molar-refractivity contribution < 1.29 is 5.11 Å². The monoisotopic (exact) mass is 254 g/mol.